The zero-order valence-electron chi connectivity index (χ0n) is 21.2. The van der Waals surface area contributed by atoms with E-state index in [-0.39, 0.29) is 18.1 Å². The molecule has 1 saturated heterocycles. The van der Waals surface area contributed by atoms with Crippen molar-refractivity contribution in [3.8, 4) is 10.4 Å². The SMILES string of the molecule is CC1CCC(C(=O)N(CC2CC[NH2+]CC2)c2cc(-c3ccccc3)sc2C(=O)O)CC1.O=C([O-])C(F)(F)F.[HH]. The Morgan fingerprint density at radius 1 is 1.08 bits per heavy atom. The van der Waals surface area contributed by atoms with Crippen LogP contribution in [0.2, 0.25) is 0 Å². The molecular formula is C27H35F3N2O5S. The minimum absolute atomic E-state index is 0. The third-order valence-electron chi connectivity index (χ3n) is 7.12. The second kappa shape index (κ2) is 13.2. The predicted octanol–water partition coefficient (Wildman–Crippen LogP) is 3.79. The largest absolute Gasteiger partial charge is 0.542 e. The number of quaternary nitrogens is 1. The van der Waals surface area contributed by atoms with E-state index in [2.05, 4.69) is 12.2 Å². The summed E-state index contributed by atoms with van der Waals surface area (Å²) in [6.45, 7) is 5.05. The van der Waals surface area contributed by atoms with Crippen LogP contribution in [-0.2, 0) is 9.59 Å². The minimum atomic E-state index is -5.19. The summed E-state index contributed by atoms with van der Waals surface area (Å²) in [5.41, 5.74) is 1.59. The normalized spacial score (nSPS) is 20.2. The van der Waals surface area contributed by atoms with E-state index in [9.17, 15) is 27.9 Å². The van der Waals surface area contributed by atoms with Gasteiger partial charge in [0.15, 0.2) is 0 Å². The molecule has 0 bridgehead atoms. The molecule has 1 aromatic carbocycles. The number of carbonyl (C=O) groups excluding carboxylic acids is 2. The molecule has 2 aromatic rings. The summed E-state index contributed by atoms with van der Waals surface area (Å²) in [4.78, 5) is 37.7. The van der Waals surface area contributed by atoms with Crippen molar-refractivity contribution in [2.45, 2.75) is 51.6 Å². The molecule has 7 nitrogen and oxygen atoms in total. The topological polar surface area (TPSA) is 114 Å². The van der Waals surface area contributed by atoms with Crippen molar-refractivity contribution in [2.24, 2.45) is 17.8 Å². The lowest BCUT2D eigenvalue weighted by molar-refractivity contribution is -0.664. The van der Waals surface area contributed by atoms with E-state index in [1.807, 2.05) is 41.3 Å². The van der Waals surface area contributed by atoms with Crippen LogP contribution in [0.15, 0.2) is 36.4 Å². The van der Waals surface area contributed by atoms with Gasteiger partial charge < -0.3 is 25.2 Å². The van der Waals surface area contributed by atoms with Crippen LogP contribution in [0.5, 0.6) is 0 Å². The fourth-order valence-electron chi connectivity index (χ4n) is 4.95. The molecule has 2 heterocycles. The summed E-state index contributed by atoms with van der Waals surface area (Å²) in [6, 6.07) is 11.8. The Kier molecular flexibility index (Phi) is 10.3. The van der Waals surface area contributed by atoms with Crippen molar-refractivity contribution in [1.82, 2.24) is 0 Å². The highest BCUT2D eigenvalue weighted by Gasteiger charge is 2.34. The Morgan fingerprint density at radius 2 is 1.66 bits per heavy atom. The third kappa shape index (κ3) is 8.04. The second-order valence-corrected chi connectivity index (χ2v) is 11.0. The number of aliphatic carboxylic acids is 1. The van der Waals surface area contributed by atoms with Crippen LogP contribution in [0.3, 0.4) is 0 Å². The first-order chi connectivity index (χ1) is 18.0. The van der Waals surface area contributed by atoms with Gasteiger partial charge in [-0.1, -0.05) is 37.3 Å². The summed E-state index contributed by atoms with van der Waals surface area (Å²) in [5, 5.41) is 21.1. The molecule has 1 aliphatic carbocycles. The maximum Gasteiger partial charge on any atom is 0.430 e. The number of carboxylic acid groups (broad SMARTS) is 2. The number of carbonyl (C=O) groups is 3. The summed E-state index contributed by atoms with van der Waals surface area (Å²) in [6.07, 6.45) is 0.924. The second-order valence-electron chi connectivity index (χ2n) is 10.00. The molecule has 4 rings (SSSR count). The molecule has 2 aliphatic rings. The Balaban J connectivity index is 0.000000592. The lowest BCUT2D eigenvalue weighted by Crippen LogP contribution is -2.86. The first kappa shape index (κ1) is 29.6. The lowest BCUT2D eigenvalue weighted by atomic mass is 9.82. The van der Waals surface area contributed by atoms with E-state index in [0.29, 0.717) is 24.1 Å². The fourth-order valence-corrected chi connectivity index (χ4v) is 5.96. The highest BCUT2D eigenvalue weighted by atomic mass is 32.1. The van der Waals surface area contributed by atoms with Crippen molar-refractivity contribution in [1.29, 1.82) is 0 Å². The van der Waals surface area contributed by atoms with E-state index in [1.165, 1.54) is 11.3 Å². The summed E-state index contributed by atoms with van der Waals surface area (Å²) in [5.74, 6) is -2.72. The predicted molar refractivity (Wildman–Crippen MR) is 138 cm³/mol. The molecule has 0 atom stereocenters. The number of anilines is 1. The van der Waals surface area contributed by atoms with Gasteiger partial charge in [0.25, 0.3) is 0 Å². The van der Waals surface area contributed by atoms with Crippen LogP contribution in [0, 0.1) is 17.8 Å². The average molecular weight is 557 g/mol. The number of nitrogens with zero attached hydrogens (tertiary/aromatic N) is 1. The van der Waals surface area contributed by atoms with E-state index >= 15 is 0 Å². The minimum Gasteiger partial charge on any atom is -0.542 e. The number of thiophene rings is 1. The number of nitrogens with two attached hydrogens (primary N) is 1. The van der Waals surface area contributed by atoms with Crippen molar-refractivity contribution in [3.05, 3.63) is 41.3 Å². The van der Waals surface area contributed by atoms with Gasteiger partial charge in [-0.25, -0.2) is 4.79 Å². The number of carboxylic acids is 2. The fraction of sp³-hybridized carbons (Fsp3) is 0.519. The Morgan fingerprint density at radius 3 is 2.18 bits per heavy atom. The Bertz CT molecular complexity index is 1100. The molecule has 38 heavy (non-hydrogen) atoms. The van der Waals surface area contributed by atoms with Gasteiger partial charge in [-0.05, 0) is 49.1 Å². The number of aromatic carboxylic acids is 1. The zero-order valence-corrected chi connectivity index (χ0v) is 22.0. The van der Waals surface area contributed by atoms with Crippen LogP contribution >= 0.6 is 11.3 Å². The molecule has 0 spiro atoms. The maximum absolute atomic E-state index is 13.7. The van der Waals surface area contributed by atoms with Crippen LogP contribution in [0.1, 0.15) is 56.5 Å². The molecule has 210 valence electrons. The molecular weight excluding hydrogens is 521 g/mol. The molecule has 0 radical (unpaired) electrons. The molecule has 3 N–H and O–H groups in total. The first-order valence-electron chi connectivity index (χ1n) is 12.8. The van der Waals surface area contributed by atoms with Crippen LogP contribution in [-0.4, -0.2) is 48.8 Å². The molecule has 2 fully saturated rings. The van der Waals surface area contributed by atoms with Gasteiger partial charge in [0.05, 0.1) is 18.8 Å². The molecule has 11 heteroatoms. The van der Waals surface area contributed by atoms with Crippen LogP contribution < -0.4 is 15.3 Å². The molecule has 0 unspecified atom stereocenters. The van der Waals surface area contributed by atoms with Gasteiger partial charge in [0.1, 0.15) is 10.8 Å². The van der Waals surface area contributed by atoms with Gasteiger partial charge in [0.2, 0.25) is 5.91 Å². The number of hydrogen-bond acceptors (Lipinski definition) is 5. The van der Waals surface area contributed by atoms with E-state index in [0.717, 1.165) is 62.1 Å². The van der Waals surface area contributed by atoms with Crippen LogP contribution in [0.4, 0.5) is 18.9 Å². The number of rotatable bonds is 6. The molecule has 1 aliphatic heterocycles. The third-order valence-corrected chi connectivity index (χ3v) is 8.28. The maximum atomic E-state index is 13.7. The smallest absolute Gasteiger partial charge is 0.430 e. The molecule has 1 saturated carbocycles. The van der Waals surface area contributed by atoms with Crippen molar-refractivity contribution in [3.63, 3.8) is 0 Å². The van der Waals surface area contributed by atoms with Crippen molar-refractivity contribution < 1.29 is 44.5 Å². The Hall–Kier alpha value is -2.92. The van der Waals surface area contributed by atoms with Crippen molar-refractivity contribution >= 4 is 34.9 Å². The quantitative estimate of drug-likeness (QED) is 0.562. The average Bonchev–Trinajstić information content (AvgIpc) is 3.34. The molecule has 1 aromatic heterocycles. The van der Waals surface area contributed by atoms with E-state index in [1.54, 1.807) is 0 Å². The zero-order chi connectivity index (χ0) is 27.9. The Labute approximate surface area is 225 Å². The highest BCUT2D eigenvalue weighted by Crippen LogP contribution is 2.39. The monoisotopic (exact) mass is 556 g/mol. The number of benzene rings is 1. The van der Waals surface area contributed by atoms with E-state index < -0.39 is 18.1 Å². The van der Waals surface area contributed by atoms with Crippen LogP contribution in [0.25, 0.3) is 10.4 Å². The number of halogens is 3. The van der Waals surface area contributed by atoms with Gasteiger partial charge >= 0.3 is 12.1 Å². The summed E-state index contributed by atoms with van der Waals surface area (Å²) < 4.78 is 31.5. The number of hydrogen-bond donors (Lipinski definition) is 2. The summed E-state index contributed by atoms with van der Waals surface area (Å²) >= 11 is 1.28. The van der Waals surface area contributed by atoms with Gasteiger partial charge in [-0.15, -0.1) is 11.3 Å². The number of alkyl halides is 3. The lowest BCUT2D eigenvalue weighted by Gasteiger charge is -2.34. The number of piperidine rings is 1. The summed E-state index contributed by atoms with van der Waals surface area (Å²) in [7, 11) is 0. The standard InChI is InChI=1S/C25H32N2O3S.C2HF3O2.H2/c1-17-7-9-20(10-8-17)24(28)27(16-18-11-13-26-14-12-18)21-15-22(31-23(21)25(29)30)19-5-3-2-4-6-19;3-2(4,5)1(6)7;/h2-6,15,17-18,20,26H,7-14,16H2,1H3,(H,29,30);(H,6,7);1H. The van der Waals surface area contributed by atoms with Gasteiger partial charge in [0, 0.05) is 31.6 Å². The molecule has 1 amide bonds. The van der Waals surface area contributed by atoms with Crippen molar-refractivity contribution in [2.75, 3.05) is 24.5 Å². The first-order valence-corrected chi connectivity index (χ1v) is 13.6. The highest BCUT2D eigenvalue weighted by molar-refractivity contribution is 7.18. The van der Waals surface area contributed by atoms with Gasteiger partial charge in [-0.2, -0.15) is 13.2 Å². The van der Waals surface area contributed by atoms with E-state index in [4.69, 9.17) is 9.90 Å². The van der Waals surface area contributed by atoms with Gasteiger partial charge in [-0.3, -0.25) is 4.79 Å². The number of amides is 1.